The van der Waals surface area contributed by atoms with Crippen LogP contribution in [0, 0.1) is 0 Å². The fourth-order valence-corrected chi connectivity index (χ4v) is 2.07. The third-order valence-electron chi connectivity index (χ3n) is 2.72. The highest BCUT2D eigenvalue weighted by molar-refractivity contribution is 5.75. The van der Waals surface area contributed by atoms with Crippen molar-refractivity contribution in [3.8, 4) is 0 Å². The van der Waals surface area contributed by atoms with E-state index in [-0.39, 0.29) is 5.54 Å². The lowest BCUT2D eigenvalue weighted by Gasteiger charge is -2.22. The topological polar surface area (TPSA) is 38.1 Å². The first-order chi connectivity index (χ1) is 6.93. The first-order valence-corrected chi connectivity index (χ1v) is 5.18. The quantitative estimate of drug-likeness (QED) is 0.653. The van der Waals surface area contributed by atoms with E-state index in [0.717, 1.165) is 24.9 Å². The number of carbonyl (C=O) groups excluding carboxylic acids is 1. The van der Waals surface area contributed by atoms with Gasteiger partial charge in [-0.05, 0) is 27.8 Å². The molecule has 0 spiro atoms. The Morgan fingerprint density at radius 1 is 1.33 bits per heavy atom. The van der Waals surface area contributed by atoms with Crippen LogP contribution < -0.4 is 0 Å². The maximum absolute atomic E-state index is 10.9. The summed E-state index contributed by atoms with van der Waals surface area (Å²) in [6.07, 6.45) is 0.861. The minimum atomic E-state index is -0.0590. The van der Waals surface area contributed by atoms with Crippen LogP contribution in [0.15, 0.2) is 0 Å². The van der Waals surface area contributed by atoms with Crippen molar-refractivity contribution in [3.63, 3.8) is 0 Å². The third kappa shape index (κ3) is 1.59. The van der Waals surface area contributed by atoms with Gasteiger partial charge in [0.15, 0.2) is 6.29 Å². The SMILES string of the molecule is CN1Cc2c(C=O)nn(C(C)(C)C)c2C1. The van der Waals surface area contributed by atoms with Gasteiger partial charge in [-0.2, -0.15) is 5.10 Å². The van der Waals surface area contributed by atoms with Crippen molar-refractivity contribution >= 4 is 6.29 Å². The second-order valence-electron chi connectivity index (χ2n) is 5.18. The number of hydrogen-bond donors (Lipinski definition) is 0. The predicted molar refractivity (Wildman–Crippen MR) is 57.8 cm³/mol. The van der Waals surface area contributed by atoms with Crippen LogP contribution in [0.5, 0.6) is 0 Å². The zero-order valence-electron chi connectivity index (χ0n) is 9.74. The van der Waals surface area contributed by atoms with Crippen LogP contribution in [-0.2, 0) is 18.6 Å². The highest BCUT2D eigenvalue weighted by Crippen LogP contribution is 2.28. The summed E-state index contributed by atoms with van der Waals surface area (Å²) < 4.78 is 1.98. The van der Waals surface area contributed by atoms with Gasteiger partial charge >= 0.3 is 0 Å². The van der Waals surface area contributed by atoms with Crippen molar-refractivity contribution in [2.24, 2.45) is 0 Å². The molecule has 0 fully saturated rings. The van der Waals surface area contributed by atoms with Gasteiger partial charge in [0.05, 0.1) is 11.2 Å². The van der Waals surface area contributed by atoms with Gasteiger partial charge in [-0.3, -0.25) is 14.4 Å². The number of aromatic nitrogens is 2. The van der Waals surface area contributed by atoms with Gasteiger partial charge in [-0.1, -0.05) is 0 Å². The molecule has 0 radical (unpaired) electrons. The number of carbonyl (C=O) groups is 1. The van der Waals surface area contributed by atoms with Gasteiger partial charge in [0, 0.05) is 18.7 Å². The van der Waals surface area contributed by atoms with Gasteiger partial charge in [-0.15, -0.1) is 0 Å². The van der Waals surface area contributed by atoms with Crippen molar-refractivity contribution in [1.82, 2.24) is 14.7 Å². The summed E-state index contributed by atoms with van der Waals surface area (Å²) in [5.74, 6) is 0. The van der Waals surface area contributed by atoms with E-state index >= 15 is 0 Å². The van der Waals surface area contributed by atoms with Crippen LogP contribution in [0.3, 0.4) is 0 Å². The molecule has 0 unspecified atom stereocenters. The Kier molecular flexibility index (Phi) is 2.19. The number of aldehydes is 1. The number of rotatable bonds is 1. The molecule has 0 N–H and O–H groups in total. The minimum Gasteiger partial charge on any atom is -0.296 e. The van der Waals surface area contributed by atoms with E-state index in [2.05, 4.69) is 37.8 Å². The Labute approximate surface area is 89.9 Å². The van der Waals surface area contributed by atoms with E-state index in [1.165, 1.54) is 5.69 Å². The molecule has 1 aliphatic heterocycles. The molecule has 82 valence electrons. The van der Waals surface area contributed by atoms with Crippen molar-refractivity contribution in [3.05, 3.63) is 17.0 Å². The summed E-state index contributed by atoms with van der Waals surface area (Å²) in [5, 5.41) is 4.38. The molecule has 4 nitrogen and oxygen atoms in total. The molecule has 0 atom stereocenters. The Balaban J connectivity index is 2.55. The highest BCUT2D eigenvalue weighted by Gasteiger charge is 2.29. The Morgan fingerprint density at radius 3 is 2.53 bits per heavy atom. The van der Waals surface area contributed by atoms with E-state index in [1.54, 1.807) is 0 Å². The number of fused-ring (bicyclic) bond motifs is 1. The Hall–Kier alpha value is -1.16. The lowest BCUT2D eigenvalue weighted by Crippen LogP contribution is -2.26. The van der Waals surface area contributed by atoms with E-state index in [0.29, 0.717) is 5.69 Å². The summed E-state index contributed by atoms with van der Waals surface area (Å²) in [4.78, 5) is 13.1. The van der Waals surface area contributed by atoms with Crippen molar-refractivity contribution in [2.45, 2.75) is 39.4 Å². The van der Waals surface area contributed by atoms with E-state index in [4.69, 9.17) is 0 Å². The normalized spacial score (nSPS) is 16.8. The molecule has 0 aromatic carbocycles. The molecular weight excluding hydrogens is 190 g/mol. The zero-order chi connectivity index (χ0) is 11.2. The second kappa shape index (κ2) is 3.17. The molecule has 15 heavy (non-hydrogen) atoms. The standard InChI is InChI=1S/C11H17N3O/c1-11(2,3)14-10-6-13(4)5-8(10)9(7-15)12-14/h7H,5-6H2,1-4H3. The summed E-state index contributed by atoms with van der Waals surface area (Å²) in [6.45, 7) is 8.03. The van der Waals surface area contributed by atoms with Gasteiger partial charge < -0.3 is 0 Å². The molecule has 0 aliphatic carbocycles. The zero-order valence-corrected chi connectivity index (χ0v) is 9.74. The minimum absolute atomic E-state index is 0.0590. The van der Waals surface area contributed by atoms with E-state index < -0.39 is 0 Å². The molecule has 0 bridgehead atoms. The third-order valence-corrected chi connectivity index (χ3v) is 2.72. The van der Waals surface area contributed by atoms with Gasteiger partial charge in [0.2, 0.25) is 0 Å². The van der Waals surface area contributed by atoms with Crippen LogP contribution in [0.25, 0.3) is 0 Å². The van der Waals surface area contributed by atoms with Crippen LogP contribution in [0.4, 0.5) is 0 Å². The van der Waals surface area contributed by atoms with Crippen LogP contribution in [0.2, 0.25) is 0 Å². The Morgan fingerprint density at radius 2 is 2.00 bits per heavy atom. The van der Waals surface area contributed by atoms with Gasteiger partial charge in [0.1, 0.15) is 5.69 Å². The van der Waals surface area contributed by atoms with Crippen LogP contribution in [-0.4, -0.2) is 28.0 Å². The molecule has 1 aliphatic rings. The van der Waals surface area contributed by atoms with Crippen molar-refractivity contribution in [2.75, 3.05) is 7.05 Å². The number of hydrogen-bond acceptors (Lipinski definition) is 3. The largest absolute Gasteiger partial charge is 0.296 e. The maximum atomic E-state index is 10.9. The summed E-state index contributed by atoms with van der Waals surface area (Å²) in [6, 6.07) is 0. The fourth-order valence-electron chi connectivity index (χ4n) is 2.07. The monoisotopic (exact) mass is 207 g/mol. The first-order valence-electron chi connectivity index (χ1n) is 5.18. The molecule has 2 heterocycles. The molecular formula is C11H17N3O. The molecule has 1 aromatic heterocycles. The van der Waals surface area contributed by atoms with E-state index in [9.17, 15) is 4.79 Å². The fraction of sp³-hybridized carbons (Fsp3) is 0.636. The lowest BCUT2D eigenvalue weighted by atomic mass is 10.1. The number of nitrogens with zero attached hydrogens (tertiary/aromatic N) is 3. The predicted octanol–water partition coefficient (Wildman–Crippen LogP) is 1.40. The summed E-state index contributed by atoms with van der Waals surface area (Å²) in [5.41, 5.74) is 2.83. The first kappa shape index (κ1) is 10.4. The molecule has 0 saturated heterocycles. The van der Waals surface area contributed by atoms with Gasteiger partial charge in [0.25, 0.3) is 0 Å². The Bertz CT molecular complexity index is 401. The molecule has 4 heteroatoms. The molecule has 0 amide bonds. The smallest absolute Gasteiger partial charge is 0.170 e. The maximum Gasteiger partial charge on any atom is 0.170 e. The van der Waals surface area contributed by atoms with Crippen molar-refractivity contribution < 1.29 is 4.79 Å². The highest BCUT2D eigenvalue weighted by atomic mass is 16.1. The molecule has 1 aromatic rings. The van der Waals surface area contributed by atoms with E-state index in [1.807, 2.05) is 4.68 Å². The van der Waals surface area contributed by atoms with Gasteiger partial charge in [-0.25, -0.2) is 0 Å². The molecule has 2 rings (SSSR count). The lowest BCUT2D eigenvalue weighted by molar-refractivity contribution is 0.111. The van der Waals surface area contributed by atoms with Crippen molar-refractivity contribution in [1.29, 1.82) is 0 Å². The average molecular weight is 207 g/mol. The second-order valence-corrected chi connectivity index (χ2v) is 5.18. The van der Waals surface area contributed by atoms with Crippen LogP contribution >= 0.6 is 0 Å². The average Bonchev–Trinajstić information content (AvgIpc) is 2.59. The summed E-state index contributed by atoms with van der Waals surface area (Å²) >= 11 is 0. The summed E-state index contributed by atoms with van der Waals surface area (Å²) in [7, 11) is 2.06. The van der Waals surface area contributed by atoms with Crippen LogP contribution in [0.1, 0.15) is 42.5 Å². The molecule has 0 saturated carbocycles.